The average molecular weight is 343 g/mol. The number of nitrogens with one attached hydrogen (secondary N) is 1. The van der Waals surface area contributed by atoms with Gasteiger partial charge in [0.2, 0.25) is 5.91 Å². The van der Waals surface area contributed by atoms with E-state index in [1.165, 1.54) is 0 Å². The second-order valence-corrected chi connectivity index (χ2v) is 5.83. The summed E-state index contributed by atoms with van der Waals surface area (Å²) in [6, 6.07) is 14.8. The fourth-order valence-corrected chi connectivity index (χ4v) is 2.76. The van der Waals surface area contributed by atoms with Crippen LogP contribution in [0.4, 0.5) is 0 Å². The van der Waals surface area contributed by atoms with E-state index in [2.05, 4.69) is 5.32 Å². The van der Waals surface area contributed by atoms with E-state index in [1.54, 1.807) is 53.2 Å². The molecule has 0 radical (unpaired) electrons. The van der Waals surface area contributed by atoms with E-state index in [9.17, 15) is 14.7 Å². The summed E-state index contributed by atoms with van der Waals surface area (Å²) in [6.07, 6.45) is 1.78. The van der Waals surface area contributed by atoms with Crippen LogP contribution in [0.3, 0.4) is 0 Å². The summed E-state index contributed by atoms with van der Waals surface area (Å²) in [5, 5.41) is 13.5. The van der Waals surface area contributed by atoms with Crippen LogP contribution in [0.25, 0.3) is 10.9 Å². The summed E-state index contributed by atoms with van der Waals surface area (Å²) in [5.74, 6) is -1.49. The van der Waals surface area contributed by atoms with Gasteiger partial charge in [-0.2, -0.15) is 0 Å². The highest BCUT2D eigenvalue weighted by molar-refractivity contribution is 6.31. The number of aliphatic carboxylic acids is 1. The number of carboxylic acids is 1. The second-order valence-electron chi connectivity index (χ2n) is 5.40. The van der Waals surface area contributed by atoms with E-state index in [0.29, 0.717) is 10.6 Å². The summed E-state index contributed by atoms with van der Waals surface area (Å²) in [4.78, 5) is 23.8. The average Bonchev–Trinajstić information content (AvgIpc) is 2.95. The minimum absolute atomic E-state index is 0.0143. The zero-order chi connectivity index (χ0) is 17.1. The number of aromatic nitrogens is 1. The number of nitrogens with zero attached hydrogens (tertiary/aromatic N) is 1. The third-order valence-electron chi connectivity index (χ3n) is 3.74. The number of rotatable bonds is 5. The zero-order valence-electron chi connectivity index (χ0n) is 12.6. The fourth-order valence-electron chi connectivity index (χ4n) is 2.59. The number of carbonyl (C=O) groups is 2. The molecule has 0 saturated carbocycles. The predicted octanol–water partition coefficient (Wildman–Crippen LogP) is 3.24. The van der Waals surface area contributed by atoms with Crippen molar-refractivity contribution in [2.24, 2.45) is 0 Å². The monoisotopic (exact) mass is 342 g/mol. The summed E-state index contributed by atoms with van der Waals surface area (Å²) < 4.78 is 1.74. The number of benzene rings is 2. The lowest BCUT2D eigenvalue weighted by Gasteiger charge is -2.15. The van der Waals surface area contributed by atoms with Crippen LogP contribution in [0.15, 0.2) is 60.8 Å². The number of fused-ring (bicyclic) bond motifs is 1. The molecule has 1 aromatic heterocycles. The van der Waals surface area contributed by atoms with Crippen LogP contribution in [0, 0.1) is 0 Å². The first-order valence-electron chi connectivity index (χ1n) is 7.36. The Morgan fingerprint density at radius 1 is 1.12 bits per heavy atom. The van der Waals surface area contributed by atoms with Crippen LogP contribution < -0.4 is 5.32 Å². The van der Waals surface area contributed by atoms with Crippen molar-refractivity contribution in [3.8, 4) is 0 Å². The molecule has 5 nitrogen and oxygen atoms in total. The molecule has 2 N–H and O–H groups in total. The van der Waals surface area contributed by atoms with E-state index in [0.717, 1.165) is 10.9 Å². The number of carboxylic acid groups (broad SMARTS) is 1. The van der Waals surface area contributed by atoms with Gasteiger partial charge in [-0.25, -0.2) is 4.79 Å². The first-order chi connectivity index (χ1) is 11.5. The van der Waals surface area contributed by atoms with Gasteiger partial charge in [-0.3, -0.25) is 4.79 Å². The van der Waals surface area contributed by atoms with Gasteiger partial charge in [0.25, 0.3) is 0 Å². The van der Waals surface area contributed by atoms with Gasteiger partial charge in [-0.05, 0) is 29.1 Å². The van der Waals surface area contributed by atoms with Crippen LogP contribution in [0.2, 0.25) is 5.02 Å². The SMILES string of the molecule is O=C(Cn1ccc2ccc(Cl)cc21)N[C@@H](C(=O)O)c1ccccc1. The Balaban J connectivity index is 1.78. The van der Waals surface area contributed by atoms with Crippen molar-refractivity contribution in [2.75, 3.05) is 0 Å². The maximum absolute atomic E-state index is 12.3. The maximum atomic E-state index is 12.3. The summed E-state index contributed by atoms with van der Waals surface area (Å²) in [6.45, 7) is 0.0143. The molecular formula is C18H15ClN2O3. The molecule has 0 aliphatic carbocycles. The molecule has 0 fully saturated rings. The fraction of sp³-hybridized carbons (Fsp3) is 0.111. The van der Waals surface area contributed by atoms with Crippen molar-refractivity contribution in [2.45, 2.75) is 12.6 Å². The quantitative estimate of drug-likeness (QED) is 0.747. The van der Waals surface area contributed by atoms with Gasteiger partial charge in [0.1, 0.15) is 6.54 Å². The molecule has 1 atom stereocenters. The molecule has 0 aliphatic rings. The first-order valence-corrected chi connectivity index (χ1v) is 7.74. The number of hydrogen-bond donors (Lipinski definition) is 2. The molecule has 3 rings (SSSR count). The third-order valence-corrected chi connectivity index (χ3v) is 3.97. The summed E-state index contributed by atoms with van der Waals surface area (Å²) >= 11 is 6.00. The van der Waals surface area contributed by atoms with Gasteiger partial charge >= 0.3 is 5.97 Å². The highest BCUT2D eigenvalue weighted by Crippen LogP contribution is 2.20. The van der Waals surface area contributed by atoms with Gasteiger partial charge in [0.15, 0.2) is 6.04 Å². The lowest BCUT2D eigenvalue weighted by atomic mass is 10.1. The van der Waals surface area contributed by atoms with Crippen LogP contribution in [0.5, 0.6) is 0 Å². The van der Waals surface area contributed by atoms with Gasteiger partial charge in [-0.15, -0.1) is 0 Å². The Morgan fingerprint density at radius 2 is 1.88 bits per heavy atom. The first kappa shape index (κ1) is 16.1. The maximum Gasteiger partial charge on any atom is 0.330 e. The van der Waals surface area contributed by atoms with E-state index in [1.807, 2.05) is 12.1 Å². The molecule has 0 bridgehead atoms. The van der Waals surface area contributed by atoms with Crippen molar-refractivity contribution in [3.63, 3.8) is 0 Å². The molecule has 1 heterocycles. The second kappa shape index (κ2) is 6.76. The Kier molecular flexibility index (Phi) is 4.53. The molecule has 3 aromatic rings. The van der Waals surface area contributed by atoms with E-state index >= 15 is 0 Å². The van der Waals surface area contributed by atoms with Crippen molar-refractivity contribution < 1.29 is 14.7 Å². The highest BCUT2D eigenvalue weighted by atomic mass is 35.5. The largest absolute Gasteiger partial charge is 0.479 e. The number of hydrogen-bond acceptors (Lipinski definition) is 2. The minimum atomic E-state index is -1.10. The van der Waals surface area contributed by atoms with Crippen molar-refractivity contribution in [1.29, 1.82) is 0 Å². The van der Waals surface area contributed by atoms with Gasteiger partial charge in [0, 0.05) is 16.7 Å². The van der Waals surface area contributed by atoms with Crippen molar-refractivity contribution >= 4 is 34.4 Å². The van der Waals surface area contributed by atoms with E-state index < -0.39 is 12.0 Å². The molecule has 6 heteroatoms. The summed E-state index contributed by atoms with van der Waals surface area (Å²) in [7, 11) is 0. The third kappa shape index (κ3) is 3.41. The molecule has 1 amide bonds. The number of halogens is 1. The van der Waals surface area contributed by atoms with Crippen LogP contribution in [0.1, 0.15) is 11.6 Å². The molecular weight excluding hydrogens is 328 g/mol. The lowest BCUT2D eigenvalue weighted by molar-refractivity contribution is -0.142. The Labute approximate surface area is 143 Å². The van der Waals surface area contributed by atoms with E-state index in [-0.39, 0.29) is 12.5 Å². The molecule has 0 aliphatic heterocycles. The zero-order valence-corrected chi connectivity index (χ0v) is 13.4. The van der Waals surface area contributed by atoms with Crippen LogP contribution in [-0.2, 0) is 16.1 Å². The molecule has 24 heavy (non-hydrogen) atoms. The van der Waals surface area contributed by atoms with Crippen molar-refractivity contribution in [1.82, 2.24) is 9.88 Å². The van der Waals surface area contributed by atoms with Crippen molar-refractivity contribution in [3.05, 3.63) is 71.4 Å². The number of carbonyl (C=O) groups excluding carboxylic acids is 1. The molecule has 0 saturated heterocycles. The predicted molar refractivity (Wildman–Crippen MR) is 91.9 cm³/mol. The molecule has 0 unspecified atom stereocenters. The van der Waals surface area contributed by atoms with E-state index in [4.69, 9.17) is 11.6 Å². The lowest BCUT2D eigenvalue weighted by Crippen LogP contribution is -2.35. The minimum Gasteiger partial charge on any atom is -0.479 e. The Hall–Kier alpha value is -2.79. The van der Waals surface area contributed by atoms with Crippen LogP contribution >= 0.6 is 11.6 Å². The van der Waals surface area contributed by atoms with Gasteiger partial charge in [-0.1, -0.05) is 48.0 Å². The van der Waals surface area contributed by atoms with Crippen LogP contribution in [-0.4, -0.2) is 21.6 Å². The van der Waals surface area contributed by atoms with Gasteiger partial charge in [0.05, 0.1) is 0 Å². The molecule has 0 spiro atoms. The topological polar surface area (TPSA) is 71.3 Å². The Morgan fingerprint density at radius 3 is 2.58 bits per heavy atom. The molecule has 2 aromatic carbocycles. The van der Waals surface area contributed by atoms with Gasteiger partial charge < -0.3 is 15.0 Å². The highest BCUT2D eigenvalue weighted by Gasteiger charge is 2.22. The molecule has 122 valence electrons. The Bertz CT molecular complexity index is 890. The summed E-state index contributed by atoms with van der Waals surface area (Å²) in [5.41, 5.74) is 1.35. The smallest absolute Gasteiger partial charge is 0.330 e. The number of amides is 1. The standard InChI is InChI=1S/C18H15ClN2O3/c19-14-7-6-12-8-9-21(15(12)10-14)11-16(22)20-17(18(23)24)13-4-2-1-3-5-13/h1-10,17H,11H2,(H,20,22)(H,23,24)/t17-/m1/s1. The normalized spacial score (nSPS) is 12.0.